The number of benzene rings is 1. The van der Waals surface area contributed by atoms with Crippen LogP contribution in [0.25, 0.3) is 11.0 Å². The first-order chi connectivity index (χ1) is 14.8. The number of rotatable bonds is 7. The van der Waals surface area contributed by atoms with E-state index in [2.05, 4.69) is 26.3 Å². The van der Waals surface area contributed by atoms with E-state index in [9.17, 15) is 18.4 Å². The summed E-state index contributed by atoms with van der Waals surface area (Å²) in [4.78, 5) is 27.8. The summed E-state index contributed by atoms with van der Waals surface area (Å²) in [6.45, 7) is 1.64. The number of hydrogen-bond donors (Lipinski definition) is 5. The van der Waals surface area contributed by atoms with Gasteiger partial charge in [-0.2, -0.15) is 0 Å². The fourth-order valence-corrected chi connectivity index (χ4v) is 3.03. The highest BCUT2D eigenvalue weighted by Gasteiger charge is 2.23. The fourth-order valence-electron chi connectivity index (χ4n) is 3.03. The van der Waals surface area contributed by atoms with Gasteiger partial charge in [-0.15, -0.1) is 0 Å². The molecule has 2 heterocycles. The van der Waals surface area contributed by atoms with Gasteiger partial charge in [-0.1, -0.05) is 0 Å². The quantitative estimate of drug-likeness (QED) is 0.389. The molecule has 0 aliphatic carbocycles. The SMILES string of the molecule is CNC(=O)CNc1cncc(NC(=O)NC(CN)c2oc3c(F)cc(F)cc3c2C)c1. The largest absolute Gasteiger partial charge is 0.455 e. The van der Waals surface area contributed by atoms with E-state index >= 15 is 0 Å². The number of nitrogens with one attached hydrogen (secondary N) is 4. The Labute approximate surface area is 176 Å². The first-order valence-electron chi connectivity index (χ1n) is 9.37. The first-order valence-corrected chi connectivity index (χ1v) is 9.37. The number of amides is 3. The zero-order valence-corrected chi connectivity index (χ0v) is 16.9. The third-order valence-corrected chi connectivity index (χ3v) is 4.58. The van der Waals surface area contributed by atoms with Crippen LogP contribution in [0, 0.1) is 18.6 Å². The van der Waals surface area contributed by atoms with Gasteiger partial charge in [0.1, 0.15) is 17.6 Å². The normalized spacial score (nSPS) is 11.8. The molecule has 2 aromatic heterocycles. The second-order valence-electron chi connectivity index (χ2n) is 6.73. The second kappa shape index (κ2) is 9.39. The number of likely N-dealkylation sites (N-methyl/N-ethyl adjacent to an activating group) is 1. The van der Waals surface area contributed by atoms with Gasteiger partial charge >= 0.3 is 6.03 Å². The van der Waals surface area contributed by atoms with Crippen molar-refractivity contribution in [2.45, 2.75) is 13.0 Å². The summed E-state index contributed by atoms with van der Waals surface area (Å²) in [6.07, 6.45) is 2.92. The lowest BCUT2D eigenvalue weighted by Gasteiger charge is -2.16. The van der Waals surface area contributed by atoms with E-state index in [1.165, 1.54) is 19.4 Å². The summed E-state index contributed by atoms with van der Waals surface area (Å²) < 4.78 is 33.1. The number of carbonyl (C=O) groups excluding carboxylic acids is 2. The molecule has 0 spiro atoms. The van der Waals surface area contributed by atoms with Crippen molar-refractivity contribution in [3.63, 3.8) is 0 Å². The van der Waals surface area contributed by atoms with Gasteiger partial charge in [0.05, 0.1) is 30.3 Å². The third kappa shape index (κ3) is 5.07. The highest BCUT2D eigenvalue weighted by atomic mass is 19.1. The summed E-state index contributed by atoms with van der Waals surface area (Å²) in [5.74, 6) is -1.54. The maximum absolute atomic E-state index is 14.0. The predicted octanol–water partition coefficient (Wildman–Crippen LogP) is 2.39. The van der Waals surface area contributed by atoms with Gasteiger partial charge in [0, 0.05) is 30.6 Å². The second-order valence-corrected chi connectivity index (χ2v) is 6.73. The zero-order valence-electron chi connectivity index (χ0n) is 16.9. The number of nitrogens with two attached hydrogens (primary N) is 1. The zero-order chi connectivity index (χ0) is 22.5. The summed E-state index contributed by atoms with van der Waals surface area (Å²) >= 11 is 0. The van der Waals surface area contributed by atoms with Crippen molar-refractivity contribution in [2.24, 2.45) is 5.73 Å². The van der Waals surface area contributed by atoms with Gasteiger partial charge in [-0.05, 0) is 19.1 Å². The van der Waals surface area contributed by atoms with Gasteiger partial charge in [-0.25, -0.2) is 13.6 Å². The van der Waals surface area contributed by atoms with Crippen molar-refractivity contribution in [2.75, 3.05) is 30.8 Å². The van der Waals surface area contributed by atoms with Crippen molar-refractivity contribution >= 4 is 34.3 Å². The van der Waals surface area contributed by atoms with Crippen LogP contribution in [0.5, 0.6) is 0 Å². The molecule has 0 radical (unpaired) electrons. The Morgan fingerprint density at radius 3 is 2.65 bits per heavy atom. The van der Waals surface area contributed by atoms with Crippen LogP contribution in [-0.4, -0.2) is 37.1 Å². The van der Waals surface area contributed by atoms with E-state index in [1.807, 2.05) is 0 Å². The molecule has 0 fully saturated rings. The smallest absolute Gasteiger partial charge is 0.319 e. The first kappa shape index (κ1) is 22.0. The molecule has 9 nitrogen and oxygen atoms in total. The highest BCUT2D eigenvalue weighted by Crippen LogP contribution is 2.31. The van der Waals surface area contributed by atoms with Crippen molar-refractivity contribution < 1.29 is 22.8 Å². The topological polar surface area (TPSA) is 134 Å². The number of urea groups is 1. The van der Waals surface area contributed by atoms with E-state index in [0.29, 0.717) is 16.9 Å². The molecule has 3 rings (SSSR count). The Morgan fingerprint density at radius 1 is 1.19 bits per heavy atom. The molecule has 3 aromatic rings. The number of halogens is 2. The lowest BCUT2D eigenvalue weighted by molar-refractivity contribution is -0.118. The molecule has 0 aliphatic rings. The Kier molecular flexibility index (Phi) is 6.65. The average Bonchev–Trinajstić information content (AvgIpc) is 3.07. The van der Waals surface area contributed by atoms with Crippen LogP contribution in [0.4, 0.5) is 25.0 Å². The third-order valence-electron chi connectivity index (χ3n) is 4.58. The van der Waals surface area contributed by atoms with Gasteiger partial charge in [0.25, 0.3) is 0 Å². The molecule has 1 unspecified atom stereocenters. The van der Waals surface area contributed by atoms with Gasteiger partial charge in [0.15, 0.2) is 11.4 Å². The van der Waals surface area contributed by atoms with Crippen LogP contribution in [0.15, 0.2) is 35.0 Å². The number of pyridine rings is 1. The number of carbonyl (C=O) groups is 2. The van der Waals surface area contributed by atoms with Gasteiger partial charge in [-0.3, -0.25) is 9.78 Å². The van der Waals surface area contributed by atoms with E-state index < -0.39 is 23.7 Å². The van der Waals surface area contributed by atoms with Crippen LogP contribution in [0.1, 0.15) is 17.4 Å². The maximum Gasteiger partial charge on any atom is 0.319 e. The number of hydrogen-bond acceptors (Lipinski definition) is 6. The van der Waals surface area contributed by atoms with E-state index in [4.69, 9.17) is 10.2 Å². The van der Waals surface area contributed by atoms with Crippen LogP contribution in [0.2, 0.25) is 0 Å². The molecular weight excluding hydrogens is 410 g/mol. The molecule has 6 N–H and O–H groups in total. The van der Waals surface area contributed by atoms with E-state index in [1.54, 1.807) is 13.0 Å². The number of furan rings is 1. The monoisotopic (exact) mass is 432 g/mol. The molecule has 0 saturated heterocycles. The predicted molar refractivity (Wildman–Crippen MR) is 112 cm³/mol. The number of nitrogens with zero attached hydrogens (tertiary/aromatic N) is 1. The average molecular weight is 432 g/mol. The fraction of sp³-hybridized carbons (Fsp3) is 0.250. The maximum atomic E-state index is 14.0. The lowest BCUT2D eigenvalue weighted by atomic mass is 10.1. The van der Waals surface area contributed by atoms with Crippen LogP contribution < -0.4 is 27.0 Å². The lowest BCUT2D eigenvalue weighted by Crippen LogP contribution is -2.36. The molecule has 1 aromatic carbocycles. The van der Waals surface area contributed by atoms with Crippen LogP contribution in [0.3, 0.4) is 0 Å². The number of anilines is 2. The standard InChI is InChI=1S/C20H22F2N6O3/c1-10-14-3-11(21)4-15(22)19(14)31-18(10)16(6-23)28-20(30)27-13-5-12(7-25-8-13)26-9-17(29)24-2/h3-5,7-8,16,26H,6,9,23H2,1-2H3,(H,24,29)(H2,27,28,30). The Morgan fingerprint density at radius 2 is 1.94 bits per heavy atom. The Hall–Kier alpha value is -3.73. The molecule has 1 atom stereocenters. The summed E-state index contributed by atoms with van der Waals surface area (Å²) in [5, 5.41) is 10.9. The molecule has 31 heavy (non-hydrogen) atoms. The molecular formula is C20H22F2N6O3. The van der Waals surface area contributed by atoms with Crippen molar-refractivity contribution in [3.05, 3.63) is 53.6 Å². The molecule has 3 amide bonds. The number of fused-ring (bicyclic) bond motifs is 1. The Balaban J connectivity index is 1.72. The van der Waals surface area contributed by atoms with E-state index in [-0.39, 0.29) is 35.7 Å². The minimum absolute atomic E-state index is 0.0375. The molecule has 11 heteroatoms. The van der Waals surface area contributed by atoms with Crippen molar-refractivity contribution in [3.8, 4) is 0 Å². The molecule has 0 bridgehead atoms. The molecule has 0 aliphatic heterocycles. The number of aromatic nitrogens is 1. The van der Waals surface area contributed by atoms with Crippen molar-refractivity contribution in [1.82, 2.24) is 15.6 Å². The Bertz CT molecular complexity index is 1120. The molecule has 0 saturated carbocycles. The highest BCUT2D eigenvalue weighted by molar-refractivity contribution is 5.90. The number of aryl methyl sites for hydroxylation is 1. The van der Waals surface area contributed by atoms with Crippen LogP contribution in [-0.2, 0) is 4.79 Å². The van der Waals surface area contributed by atoms with E-state index in [0.717, 1.165) is 12.1 Å². The van der Waals surface area contributed by atoms with Crippen LogP contribution >= 0.6 is 0 Å². The van der Waals surface area contributed by atoms with Gasteiger partial charge in [0.2, 0.25) is 5.91 Å². The minimum Gasteiger partial charge on any atom is -0.455 e. The van der Waals surface area contributed by atoms with Gasteiger partial charge < -0.3 is 31.4 Å². The summed E-state index contributed by atoms with van der Waals surface area (Å²) in [5.41, 5.74) is 7.05. The van der Waals surface area contributed by atoms with Crippen molar-refractivity contribution in [1.29, 1.82) is 0 Å². The molecule has 164 valence electrons. The summed E-state index contributed by atoms with van der Waals surface area (Å²) in [7, 11) is 1.52. The summed E-state index contributed by atoms with van der Waals surface area (Å²) in [6, 6.07) is 2.10. The minimum atomic E-state index is -0.836.